The minimum atomic E-state index is -0.779. The average Bonchev–Trinajstić information content (AvgIpc) is 2.87. The number of nitrogens with one attached hydrogen (secondary N) is 2. The maximum absolute atomic E-state index is 12.1. The number of aromatic nitrogens is 1. The van der Waals surface area contributed by atoms with Crippen molar-refractivity contribution in [3.63, 3.8) is 0 Å². The SMILES string of the molecule is CC(=O)N[C@H](C)C(=O)OCC(=O)c1c[nH]c2ccccc12. The zero-order valence-electron chi connectivity index (χ0n) is 11.8. The first-order chi connectivity index (χ1) is 9.99. The van der Waals surface area contributed by atoms with Crippen LogP contribution in [0.1, 0.15) is 24.2 Å². The molecule has 1 aromatic heterocycles. The van der Waals surface area contributed by atoms with Crippen molar-refractivity contribution in [2.45, 2.75) is 19.9 Å². The molecule has 21 heavy (non-hydrogen) atoms. The fourth-order valence-electron chi connectivity index (χ4n) is 2.01. The van der Waals surface area contributed by atoms with Gasteiger partial charge in [-0.15, -0.1) is 0 Å². The van der Waals surface area contributed by atoms with Gasteiger partial charge in [0.15, 0.2) is 6.61 Å². The lowest BCUT2D eigenvalue weighted by Crippen LogP contribution is -2.38. The number of para-hydroxylation sites is 1. The van der Waals surface area contributed by atoms with Gasteiger partial charge in [-0.1, -0.05) is 18.2 Å². The molecule has 1 aromatic carbocycles. The van der Waals surface area contributed by atoms with Crippen LogP contribution in [0.3, 0.4) is 0 Å². The second kappa shape index (κ2) is 6.21. The van der Waals surface area contributed by atoms with Gasteiger partial charge in [0.05, 0.1) is 0 Å². The van der Waals surface area contributed by atoms with Crippen LogP contribution in [0.15, 0.2) is 30.5 Å². The van der Waals surface area contributed by atoms with Crippen LogP contribution >= 0.6 is 0 Å². The Morgan fingerprint density at radius 1 is 1.29 bits per heavy atom. The molecule has 2 aromatic rings. The van der Waals surface area contributed by atoms with E-state index < -0.39 is 12.0 Å². The van der Waals surface area contributed by atoms with Crippen molar-refractivity contribution >= 4 is 28.6 Å². The molecular formula is C15H16N2O4. The minimum absolute atomic E-state index is 0.296. The quantitative estimate of drug-likeness (QED) is 0.643. The van der Waals surface area contributed by atoms with Crippen molar-refractivity contribution < 1.29 is 19.1 Å². The summed E-state index contributed by atoms with van der Waals surface area (Å²) >= 11 is 0. The lowest BCUT2D eigenvalue weighted by atomic mass is 10.1. The zero-order chi connectivity index (χ0) is 15.4. The molecule has 1 heterocycles. The molecule has 0 aliphatic heterocycles. The Hall–Kier alpha value is -2.63. The van der Waals surface area contributed by atoms with Gasteiger partial charge >= 0.3 is 5.97 Å². The number of benzene rings is 1. The lowest BCUT2D eigenvalue weighted by Gasteiger charge is -2.11. The van der Waals surface area contributed by atoms with Crippen LogP contribution in [0, 0.1) is 0 Å². The van der Waals surface area contributed by atoms with Gasteiger partial charge in [0.25, 0.3) is 0 Å². The van der Waals surface area contributed by atoms with E-state index >= 15 is 0 Å². The summed E-state index contributed by atoms with van der Waals surface area (Å²) in [4.78, 5) is 37.5. The standard InChI is InChI=1S/C15H16N2O4/c1-9(17-10(2)18)15(20)21-8-14(19)12-7-16-13-6-4-3-5-11(12)13/h3-7,9,16H,8H2,1-2H3,(H,17,18)/t9-/m1/s1. The van der Waals surface area contributed by atoms with Crippen molar-refractivity contribution in [3.8, 4) is 0 Å². The molecule has 6 nitrogen and oxygen atoms in total. The second-order valence-corrected chi connectivity index (χ2v) is 4.70. The number of fused-ring (bicyclic) bond motifs is 1. The van der Waals surface area contributed by atoms with Crippen LogP contribution in [-0.2, 0) is 14.3 Å². The fourth-order valence-corrected chi connectivity index (χ4v) is 2.01. The van der Waals surface area contributed by atoms with Gasteiger partial charge in [-0.25, -0.2) is 4.79 Å². The van der Waals surface area contributed by atoms with E-state index in [4.69, 9.17) is 4.74 Å². The van der Waals surface area contributed by atoms with E-state index in [-0.39, 0.29) is 18.3 Å². The van der Waals surface area contributed by atoms with Crippen molar-refractivity contribution in [3.05, 3.63) is 36.0 Å². The molecule has 0 saturated heterocycles. The minimum Gasteiger partial charge on any atom is -0.456 e. The first-order valence-corrected chi connectivity index (χ1v) is 6.52. The number of amides is 1. The summed E-state index contributed by atoms with van der Waals surface area (Å²) in [6.07, 6.45) is 1.60. The van der Waals surface area contributed by atoms with Crippen molar-refractivity contribution in [1.29, 1.82) is 0 Å². The number of carbonyl (C=O) groups is 3. The Kier molecular flexibility index (Phi) is 4.37. The maximum atomic E-state index is 12.1. The van der Waals surface area contributed by atoms with E-state index in [2.05, 4.69) is 10.3 Å². The highest BCUT2D eigenvalue weighted by molar-refractivity contribution is 6.08. The summed E-state index contributed by atoms with van der Waals surface area (Å²) in [5.41, 5.74) is 1.32. The molecule has 1 amide bonds. The number of rotatable bonds is 5. The molecule has 0 aliphatic rings. The molecule has 0 spiro atoms. The Morgan fingerprint density at radius 3 is 2.71 bits per heavy atom. The van der Waals surface area contributed by atoms with Gasteiger partial charge in [0, 0.05) is 29.6 Å². The Bertz CT molecular complexity index is 690. The fraction of sp³-hybridized carbons (Fsp3) is 0.267. The third kappa shape index (κ3) is 3.47. The lowest BCUT2D eigenvalue weighted by molar-refractivity contribution is -0.146. The molecule has 2 rings (SSSR count). The topological polar surface area (TPSA) is 88.3 Å². The van der Waals surface area contributed by atoms with Crippen LogP contribution in [0.4, 0.5) is 0 Å². The molecule has 6 heteroatoms. The number of aromatic amines is 1. The van der Waals surface area contributed by atoms with Crippen LogP contribution < -0.4 is 5.32 Å². The summed E-state index contributed by atoms with van der Waals surface area (Å²) in [6, 6.07) is 6.59. The predicted molar refractivity (Wildman–Crippen MR) is 76.9 cm³/mol. The van der Waals surface area contributed by atoms with Gasteiger partial charge < -0.3 is 15.0 Å². The smallest absolute Gasteiger partial charge is 0.328 e. The van der Waals surface area contributed by atoms with Gasteiger partial charge in [0.1, 0.15) is 6.04 Å². The molecule has 0 aliphatic carbocycles. The number of hydrogen-bond donors (Lipinski definition) is 2. The highest BCUT2D eigenvalue weighted by atomic mass is 16.5. The molecule has 0 saturated carbocycles. The predicted octanol–water partition coefficient (Wildman–Crippen LogP) is 1.42. The molecule has 0 unspecified atom stereocenters. The van der Waals surface area contributed by atoms with E-state index in [1.54, 1.807) is 6.20 Å². The maximum Gasteiger partial charge on any atom is 0.328 e. The number of hydrogen-bond acceptors (Lipinski definition) is 4. The number of esters is 1. The third-order valence-electron chi connectivity index (χ3n) is 3.01. The van der Waals surface area contributed by atoms with E-state index in [0.29, 0.717) is 5.56 Å². The van der Waals surface area contributed by atoms with Gasteiger partial charge in [-0.05, 0) is 13.0 Å². The van der Waals surface area contributed by atoms with E-state index in [1.165, 1.54) is 13.8 Å². The normalized spacial score (nSPS) is 11.9. The molecule has 1 atom stereocenters. The van der Waals surface area contributed by atoms with Crippen LogP contribution in [0.5, 0.6) is 0 Å². The van der Waals surface area contributed by atoms with Crippen molar-refractivity contribution in [2.24, 2.45) is 0 Å². The molecular weight excluding hydrogens is 272 g/mol. The highest BCUT2D eigenvalue weighted by Crippen LogP contribution is 2.18. The van der Waals surface area contributed by atoms with Gasteiger partial charge in [-0.2, -0.15) is 0 Å². The molecule has 110 valence electrons. The molecule has 2 N–H and O–H groups in total. The first kappa shape index (κ1) is 14.8. The summed E-state index contributed by atoms with van der Waals surface area (Å²) < 4.78 is 4.92. The Morgan fingerprint density at radius 2 is 2.00 bits per heavy atom. The van der Waals surface area contributed by atoms with Gasteiger partial charge in [-0.3, -0.25) is 9.59 Å². The van der Waals surface area contributed by atoms with E-state index in [9.17, 15) is 14.4 Å². The summed E-state index contributed by atoms with van der Waals surface area (Å²) in [6.45, 7) is 2.45. The van der Waals surface area contributed by atoms with Crippen molar-refractivity contribution in [1.82, 2.24) is 10.3 Å². The van der Waals surface area contributed by atoms with Crippen LogP contribution in [-0.4, -0.2) is 35.3 Å². The third-order valence-corrected chi connectivity index (χ3v) is 3.01. The molecule has 0 bridgehead atoms. The first-order valence-electron chi connectivity index (χ1n) is 6.52. The second-order valence-electron chi connectivity index (χ2n) is 4.70. The number of ether oxygens (including phenoxy) is 1. The number of H-pyrrole nitrogens is 1. The van der Waals surface area contributed by atoms with E-state index in [0.717, 1.165) is 10.9 Å². The number of Topliss-reactive ketones (excluding diaryl/α,β-unsaturated/α-hetero) is 1. The summed E-state index contributed by atoms with van der Waals surface area (Å²) in [5, 5.41) is 3.19. The monoisotopic (exact) mass is 288 g/mol. The highest BCUT2D eigenvalue weighted by Gasteiger charge is 2.18. The number of ketones is 1. The largest absolute Gasteiger partial charge is 0.456 e. The zero-order valence-corrected chi connectivity index (χ0v) is 11.8. The summed E-state index contributed by atoms with van der Waals surface area (Å²) in [5.74, 6) is -1.27. The van der Waals surface area contributed by atoms with Crippen LogP contribution in [0.25, 0.3) is 10.9 Å². The number of carbonyl (C=O) groups excluding carboxylic acids is 3. The van der Waals surface area contributed by atoms with E-state index in [1.807, 2.05) is 24.3 Å². The average molecular weight is 288 g/mol. The molecule has 0 radical (unpaired) electrons. The van der Waals surface area contributed by atoms with Crippen LogP contribution in [0.2, 0.25) is 0 Å². The van der Waals surface area contributed by atoms with Crippen molar-refractivity contribution in [2.75, 3.05) is 6.61 Å². The Labute approximate surface area is 121 Å². The van der Waals surface area contributed by atoms with Gasteiger partial charge in [0.2, 0.25) is 11.7 Å². The summed E-state index contributed by atoms with van der Waals surface area (Å²) in [7, 11) is 0. The Balaban J connectivity index is 1.99. The molecule has 0 fully saturated rings.